The number of fused-ring (bicyclic) bond motifs is 1. The highest BCUT2D eigenvalue weighted by molar-refractivity contribution is 8.00. The standard InChI is InChI=1S/C13H15FO2S/c1-8-13(4-5-17-8)7-11(15)10-6-9(14)2-3-12(10)16-13/h2-3,6,8,11,15H,4-5,7H2,1H3/t8?,11-,13?/m1/s1. The predicted octanol–water partition coefficient (Wildman–Crippen LogP) is 2.91. The molecule has 3 rings (SSSR count). The summed E-state index contributed by atoms with van der Waals surface area (Å²) < 4.78 is 19.2. The summed E-state index contributed by atoms with van der Waals surface area (Å²) in [4.78, 5) is 0. The van der Waals surface area contributed by atoms with E-state index in [4.69, 9.17) is 4.74 Å². The van der Waals surface area contributed by atoms with Crippen LogP contribution in [0.1, 0.15) is 31.4 Å². The molecule has 17 heavy (non-hydrogen) atoms. The van der Waals surface area contributed by atoms with Gasteiger partial charge in [0.05, 0.1) is 6.10 Å². The van der Waals surface area contributed by atoms with Crippen LogP contribution in [0.3, 0.4) is 0 Å². The molecule has 0 saturated carbocycles. The largest absolute Gasteiger partial charge is 0.486 e. The number of hydrogen-bond acceptors (Lipinski definition) is 3. The van der Waals surface area contributed by atoms with Crippen molar-refractivity contribution in [3.05, 3.63) is 29.6 Å². The van der Waals surface area contributed by atoms with Gasteiger partial charge in [0, 0.05) is 17.2 Å². The molecule has 1 aromatic rings. The minimum Gasteiger partial charge on any atom is -0.486 e. The zero-order valence-corrected chi connectivity index (χ0v) is 10.5. The van der Waals surface area contributed by atoms with Crippen LogP contribution in [0.5, 0.6) is 5.75 Å². The molecule has 0 amide bonds. The average molecular weight is 254 g/mol. The van der Waals surface area contributed by atoms with Crippen LogP contribution in [-0.2, 0) is 0 Å². The van der Waals surface area contributed by atoms with Gasteiger partial charge in [-0.25, -0.2) is 4.39 Å². The molecule has 1 spiro atoms. The first kappa shape index (κ1) is 11.4. The number of hydrogen-bond donors (Lipinski definition) is 1. The number of aliphatic hydroxyl groups is 1. The predicted molar refractivity (Wildman–Crippen MR) is 65.9 cm³/mol. The number of halogens is 1. The lowest BCUT2D eigenvalue weighted by molar-refractivity contribution is -0.0105. The fraction of sp³-hybridized carbons (Fsp3) is 0.538. The van der Waals surface area contributed by atoms with Crippen molar-refractivity contribution in [2.45, 2.75) is 36.7 Å². The average Bonchev–Trinajstić information content (AvgIpc) is 2.62. The van der Waals surface area contributed by atoms with Gasteiger partial charge in [-0.15, -0.1) is 0 Å². The van der Waals surface area contributed by atoms with Gasteiger partial charge in [0.25, 0.3) is 0 Å². The van der Waals surface area contributed by atoms with Gasteiger partial charge in [-0.05, 0) is 37.3 Å². The maximum Gasteiger partial charge on any atom is 0.126 e. The van der Waals surface area contributed by atoms with E-state index < -0.39 is 6.10 Å². The minimum absolute atomic E-state index is 0.269. The highest BCUT2D eigenvalue weighted by Crippen LogP contribution is 2.49. The number of ether oxygens (including phenoxy) is 1. The Morgan fingerprint density at radius 2 is 2.35 bits per heavy atom. The Hall–Kier alpha value is -0.740. The van der Waals surface area contributed by atoms with Gasteiger partial charge in [0.15, 0.2) is 0 Å². The molecule has 2 aliphatic heterocycles. The third-order valence-electron chi connectivity index (χ3n) is 3.82. The lowest BCUT2D eigenvalue weighted by atomic mass is 9.85. The number of aliphatic hydroxyl groups excluding tert-OH is 1. The molecule has 2 nitrogen and oxygen atoms in total. The van der Waals surface area contributed by atoms with E-state index in [-0.39, 0.29) is 11.4 Å². The van der Waals surface area contributed by atoms with Crippen molar-refractivity contribution in [1.82, 2.24) is 0 Å². The third kappa shape index (κ3) is 1.74. The van der Waals surface area contributed by atoms with E-state index in [1.165, 1.54) is 12.1 Å². The fourth-order valence-electron chi connectivity index (χ4n) is 2.74. The minimum atomic E-state index is -0.615. The van der Waals surface area contributed by atoms with E-state index >= 15 is 0 Å². The summed E-state index contributed by atoms with van der Waals surface area (Å²) >= 11 is 1.87. The molecule has 0 aromatic heterocycles. The number of rotatable bonds is 0. The molecule has 1 N–H and O–H groups in total. The van der Waals surface area contributed by atoms with Gasteiger partial charge >= 0.3 is 0 Å². The molecular weight excluding hydrogens is 239 g/mol. The molecule has 2 aliphatic rings. The number of benzene rings is 1. The smallest absolute Gasteiger partial charge is 0.126 e. The molecule has 1 fully saturated rings. The van der Waals surface area contributed by atoms with Crippen molar-refractivity contribution in [3.8, 4) is 5.75 Å². The van der Waals surface area contributed by atoms with E-state index in [9.17, 15) is 9.50 Å². The van der Waals surface area contributed by atoms with Crippen LogP contribution in [0.25, 0.3) is 0 Å². The first-order chi connectivity index (χ1) is 8.11. The summed E-state index contributed by atoms with van der Waals surface area (Å²) in [6, 6.07) is 4.39. The van der Waals surface area contributed by atoms with Crippen LogP contribution >= 0.6 is 11.8 Å². The maximum absolute atomic E-state index is 13.1. The van der Waals surface area contributed by atoms with Crippen LogP contribution in [0.2, 0.25) is 0 Å². The van der Waals surface area contributed by atoms with Crippen molar-refractivity contribution in [3.63, 3.8) is 0 Å². The van der Waals surface area contributed by atoms with Crippen LogP contribution in [0, 0.1) is 5.82 Å². The quantitative estimate of drug-likeness (QED) is 0.772. The highest BCUT2D eigenvalue weighted by Gasteiger charge is 2.48. The van der Waals surface area contributed by atoms with E-state index in [0.717, 1.165) is 12.2 Å². The molecule has 2 heterocycles. The molecule has 0 aliphatic carbocycles. The van der Waals surface area contributed by atoms with Crippen molar-refractivity contribution >= 4 is 11.8 Å². The Morgan fingerprint density at radius 3 is 3.06 bits per heavy atom. The van der Waals surface area contributed by atoms with Gasteiger partial charge in [-0.3, -0.25) is 0 Å². The maximum atomic E-state index is 13.1. The van der Waals surface area contributed by atoms with Crippen LogP contribution in [-0.4, -0.2) is 21.7 Å². The van der Waals surface area contributed by atoms with Gasteiger partial charge in [-0.1, -0.05) is 0 Å². The van der Waals surface area contributed by atoms with Crippen LogP contribution in [0.4, 0.5) is 4.39 Å². The van der Waals surface area contributed by atoms with E-state index in [0.29, 0.717) is 23.0 Å². The molecule has 3 atom stereocenters. The second kappa shape index (κ2) is 3.89. The zero-order chi connectivity index (χ0) is 12.0. The summed E-state index contributed by atoms with van der Waals surface area (Å²) in [7, 11) is 0. The van der Waals surface area contributed by atoms with Crippen molar-refractivity contribution in [1.29, 1.82) is 0 Å². The third-order valence-corrected chi connectivity index (χ3v) is 5.19. The molecule has 1 saturated heterocycles. The van der Waals surface area contributed by atoms with Gasteiger partial charge < -0.3 is 9.84 Å². The monoisotopic (exact) mass is 254 g/mol. The van der Waals surface area contributed by atoms with Gasteiger partial charge in [0.1, 0.15) is 17.2 Å². The lowest BCUT2D eigenvalue weighted by Crippen LogP contribution is -2.45. The van der Waals surface area contributed by atoms with Crippen LogP contribution in [0.15, 0.2) is 18.2 Å². The second-order valence-electron chi connectivity index (χ2n) is 4.83. The van der Waals surface area contributed by atoms with Crippen molar-refractivity contribution in [2.24, 2.45) is 0 Å². The first-order valence-corrected chi connectivity index (χ1v) is 6.94. The van der Waals surface area contributed by atoms with Gasteiger partial charge in [-0.2, -0.15) is 11.8 Å². The summed E-state index contributed by atoms with van der Waals surface area (Å²) in [6.07, 6.45) is 0.903. The first-order valence-electron chi connectivity index (χ1n) is 5.89. The van der Waals surface area contributed by atoms with Crippen molar-refractivity contribution in [2.75, 3.05) is 5.75 Å². The molecule has 0 radical (unpaired) electrons. The fourth-order valence-corrected chi connectivity index (χ4v) is 4.12. The molecule has 1 aromatic carbocycles. The second-order valence-corrected chi connectivity index (χ2v) is 6.28. The van der Waals surface area contributed by atoms with E-state index in [1.807, 2.05) is 11.8 Å². The number of thioether (sulfide) groups is 1. The van der Waals surface area contributed by atoms with Crippen molar-refractivity contribution < 1.29 is 14.2 Å². The Kier molecular flexibility index (Phi) is 2.60. The zero-order valence-electron chi connectivity index (χ0n) is 9.65. The lowest BCUT2D eigenvalue weighted by Gasteiger charge is -2.40. The molecule has 4 heteroatoms. The highest BCUT2D eigenvalue weighted by atomic mass is 32.2. The Labute approximate surface area is 104 Å². The van der Waals surface area contributed by atoms with E-state index in [1.54, 1.807) is 6.07 Å². The molecular formula is C13H15FO2S. The molecule has 0 bridgehead atoms. The topological polar surface area (TPSA) is 29.5 Å². The van der Waals surface area contributed by atoms with E-state index in [2.05, 4.69) is 6.92 Å². The normalized spacial score (nSPS) is 35.7. The Balaban J connectivity index is 2.01. The van der Waals surface area contributed by atoms with Crippen LogP contribution < -0.4 is 4.74 Å². The summed E-state index contributed by atoms with van der Waals surface area (Å²) in [6.45, 7) is 2.14. The SMILES string of the molecule is CC1SCCC12C[C@@H](O)c1cc(F)ccc1O2. The summed E-state index contributed by atoms with van der Waals surface area (Å²) in [5.74, 6) is 1.38. The Morgan fingerprint density at radius 1 is 1.53 bits per heavy atom. The summed E-state index contributed by atoms with van der Waals surface area (Å²) in [5.41, 5.74) is 0.314. The van der Waals surface area contributed by atoms with Gasteiger partial charge in [0.2, 0.25) is 0 Å². The molecule has 2 unspecified atom stereocenters. The summed E-state index contributed by atoms with van der Waals surface area (Å²) in [5, 5.41) is 10.5. The Bertz CT molecular complexity index is 451. The molecule has 92 valence electrons.